The summed E-state index contributed by atoms with van der Waals surface area (Å²) in [6.07, 6.45) is 2.21. The van der Waals surface area contributed by atoms with Crippen LogP contribution in [0.4, 0.5) is 5.00 Å². The number of carbonyl (C=O) groups excluding carboxylic acids is 2. The number of carbonyl (C=O) groups is 2. The van der Waals surface area contributed by atoms with Crippen molar-refractivity contribution in [1.29, 1.82) is 5.26 Å². The molecule has 2 amide bonds. The Morgan fingerprint density at radius 3 is 2.23 bits per heavy atom. The van der Waals surface area contributed by atoms with Gasteiger partial charge in [0.15, 0.2) is 0 Å². The molecule has 2 heterocycles. The van der Waals surface area contributed by atoms with Gasteiger partial charge in [-0.25, -0.2) is 0 Å². The molecule has 1 aromatic rings. The van der Waals surface area contributed by atoms with Crippen molar-refractivity contribution < 1.29 is 9.59 Å². The van der Waals surface area contributed by atoms with Crippen LogP contribution < -0.4 is 10.6 Å². The second-order valence-electron chi connectivity index (χ2n) is 7.04. The summed E-state index contributed by atoms with van der Waals surface area (Å²) >= 11 is 1.45. The van der Waals surface area contributed by atoms with Crippen LogP contribution in [0.2, 0.25) is 0 Å². The lowest BCUT2D eigenvalue weighted by Gasteiger charge is -2.33. The SMILES string of the molecule is Cc1sc(NC(=O)CN2CCN(CC(=O)NC3CC3)CC2)c(C#N)c1C. The van der Waals surface area contributed by atoms with E-state index in [0.29, 0.717) is 29.7 Å². The Balaban J connectivity index is 1.42. The van der Waals surface area contributed by atoms with Gasteiger partial charge in [-0.3, -0.25) is 19.4 Å². The molecule has 0 radical (unpaired) electrons. The average Bonchev–Trinajstić information content (AvgIpc) is 3.36. The highest BCUT2D eigenvalue weighted by Crippen LogP contribution is 2.31. The summed E-state index contributed by atoms with van der Waals surface area (Å²) in [7, 11) is 0. The van der Waals surface area contributed by atoms with Crippen LogP contribution in [0.15, 0.2) is 0 Å². The van der Waals surface area contributed by atoms with Crippen LogP contribution in [-0.4, -0.2) is 66.9 Å². The van der Waals surface area contributed by atoms with Crippen LogP contribution in [0.3, 0.4) is 0 Å². The highest BCUT2D eigenvalue weighted by Gasteiger charge is 2.26. The number of hydrogen-bond donors (Lipinski definition) is 2. The number of anilines is 1. The molecule has 2 fully saturated rings. The quantitative estimate of drug-likeness (QED) is 0.777. The van der Waals surface area contributed by atoms with E-state index in [1.165, 1.54) is 11.3 Å². The van der Waals surface area contributed by atoms with Crippen molar-refractivity contribution in [2.24, 2.45) is 0 Å². The maximum Gasteiger partial charge on any atom is 0.239 e. The van der Waals surface area contributed by atoms with E-state index in [2.05, 4.69) is 26.5 Å². The molecule has 1 aliphatic carbocycles. The summed E-state index contributed by atoms with van der Waals surface area (Å²) in [6.45, 7) is 7.69. The van der Waals surface area contributed by atoms with Gasteiger partial charge in [0.2, 0.25) is 11.8 Å². The molecule has 2 N–H and O–H groups in total. The van der Waals surface area contributed by atoms with Crippen LogP contribution in [0.1, 0.15) is 28.8 Å². The second kappa shape index (κ2) is 8.16. The number of nitriles is 1. The molecule has 7 nitrogen and oxygen atoms in total. The average molecular weight is 375 g/mol. The van der Waals surface area contributed by atoms with E-state index in [-0.39, 0.29) is 11.8 Å². The van der Waals surface area contributed by atoms with Crippen molar-refractivity contribution in [3.8, 4) is 6.07 Å². The lowest BCUT2D eigenvalue weighted by atomic mass is 10.2. The molecule has 140 valence electrons. The van der Waals surface area contributed by atoms with Gasteiger partial charge in [-0.1, -0.05) is 0 Å². The highest BCUT2D eigenvalue weighted by atomic mass is 32.1. The van der Waals surface area contributed by atoms with Crippen LogP contribution in [0, 0.1) is 25.2 Å². The molecule has 0 unspecified atom stereocenters. The van der Waals surface area contributed by atoms with E-state index in [0.717, 1.165) is 49.5 Å². The van der Waals surface area contributed by atoms with E-state index in [4.69, 9.17) is 0 Å². The second-order valence-corrected chi connectivity index (χ2v) is 8.27. The molecule has 8 heteroatoms. The summed E-state index contributed by atoms with van der Waals surface area (Å²) in [4.78, 5) is 29.5. The zero-order valence-corrected chi connectivity index (χ0v) is 16.1. The summed E-state index contributed by atoms with van der Waals surface area (Å²) < 4.78 is 0. The summed E-state index contributed by atoms with van der Waals surface area (Å²) in [5, 5.41) is 15.8. The molecule has 0 bridgehead atoms. The minimum Gasteiger partial charge on any atom is -0.352 e. The van der Waals surface area contributed by atoms with Gasteiger partial charge in [-0.2, -0.15) is 5.26 Å². The van der Waals surface area contributed by atoms with Crippen LogP contribution >= 0.6 is 11.3 Å². The Kier molecular flexibility index (Phi) is 5.91. The molecule has 1 saturated heterocycles. The van der Waals surface area contributed by atoms with Gasteiger partial charge in [0, 0.05) is 37.1 Å². The molecule has 3 rings (SSSR count). The van der Waals surface area contributed by atoms with E-state index in [1.807, 2.05) is 13.8 Å². The Hall–Kier alpha value is -1.95. The number of hydrogen-bond acceptors (Lipinski definition) is 6. The monoisotopic (exact) mass is 375 g/mol. The normalized spacial score (nSPS) is 18.3. The predicted octanol–water partition coefficient (Wildman–Crippen LogP) is 1.07. The van der Waals surface area contributed by atoms with Crippen LogP contribution in [-0.2, 0) is 9.59 Å². The van der Waals surface area contributed by atoms with Gasteiger partial charge in [0.1, 0.15) is 11.1 Å². The fourth-order valence-electron chi connectivity index (χ4n) is 3.03. The predicted molar refractivity (Wildman–Crippen MR) is 101 cm³/mol. The fraction of sp³-hybridized carbons (Fsp3) is 0.611. The highest BCUT2D eigenvalue weighted by molar-refractivity contribution is 7.16. The smallest absolute Gasteiger partial charge is 0.239 e. The molecule has 1 aliphatic heterocycles. The van der Waals surface area contributed by atoms with E-state index < -0.39 is 0 Å². The van der Waals surface area contributed by atoms with Gasteiger partial charge in [0.05, 0.1) is 18.7 Å². The number of rotatable bonds is 6. The van der Waals surface area contributed by atoms with Gasteiger partial charge in [0.25, 0.3) is 0 Å². The molecule has 0 aromatic carbocycles. The van der Waals surface area contributed by atoms with Crippen LogP contribution in [0.5, 0.6) is 0 Å². The minimum absolute atomic E-state index is 0.0947. The summed E-state index contributed by atoms with van der Waals surface area (Å²) in [6, 6.07) is 2.57. The zero-order valence-electron chi connectivity index (χ0n) is 15.3. The lowest BCUT2D eigenvalue weighted by molar-refractivity contribution is -0.123. The first-order valence-electron chi connectivity index (χ1n) is 9.00. The van der Waals surface area contributed by atoms with Crippen molar-refractivity contribution in [3.05, 3.63) is 16.0 Å². The molecule has 0 spiro atoms. The third-order valence-electron chi connectivity index (χ3n) is 4.89. The molecule has 1 saturated carbocycles. The Bertz CT molecular complexity index is 727. The number of nitrogens with zero attached hydrogens (tertiary/aromatic N) is 3. The molecule has 0 atom stereocenters. The zero-order chi connectivity index (χ0) is 18.7. The Morgan fingerprint density at radius 1 is 1.12 bits per heavy atom. The van der Waals surface area contributed by atoms with Crippen molar-refractivity contribution in [2.45, 2.75) is 32.7 Å². The third kappa shape index (κ3) is 4.81. The van der Waals surface area contributed by atoms with Gasteiger partial charge >= 0.3 is 0 Å². The van der Waals surface area contributed by atoms with E-state index >= 15 is 0 Å². The van der Waals surface area contributed by atoms with E-state index in [9.17, 15) is 14.9 Å². The van der Waals surface area contributed by atoms with Crippen molar-refractivity contribution in [3.63, 3.8) is 0 Å². The molecule has 2 aliphatic rings. The summed E-state index contributed by atoms with van der Waals surface area (Å²) in [5.74, 6) is 0.00818. The Labute approximate surface area is 158 Å². The molecular weight excluding hydrogens is 350 g/mol. The third-order valence-corrected chi connectivity index (χ3v) is 6.01. The van der Waals surface area contributed by atoms with Crippen molar-refractivity contribution >= 4 is 28.2 Å². The number of aryl methyl sites for hydroxylation is 1. The molecule has 1 aromatic heterocycles. The summed E-state index contributed by atoms with van der Waals surface area (Å²) in [5.41, 5.74) is 1.50. The first kappa shape index (κ1) is 18.8. The fourth-order valence-corrected chi connectivity index (χ4v) is 4.06. The lowest BCUT2D eigenvalue weighted by Crippen LogP contribution is -2.51. The van der Waals surface area contributed by atoms with Gasteiger partial charge in [-0.15, -0.1) is 11.3 Å². The van der Waals surface area contributed by atoms with Crippen molar-refractivity contribution in [1.82, 2.24) is 15.1 Å². The Morgan fingerprint density at radius 2 is 1.69 bits per heavy atom. The maximum absolute atomic E-state index is 12.3. The standard InChI is InChI=1S/C18H25N5O2S/c1-12-13(2)26-18(15(12)9-19)21-17(25)11-23-7-5-22(6-8-23)10-16(24)20-14-3-4-14/h14H,3-8,10-11H2,1-2H3,(H,20,24)(H,21,25). The number of piperazine rings is 1. The van der Waals surface area contributed by atoms with Crippen LogP contribution in [0.25, 0.3) is 0 Å². The topological polar surface area (TPSA) is 88.5 Å². The first-order valence-corrected chi connectivity index (χ1v) is 9.82. The first-order chi connectivity index (χ1) is 12.5. The maximum atomic E-state index is 12.3. The van der Waals surface area contributed by atoms with Gasteiger partial charge < -0.3 is 10.6 Å². The molecular formula is C18H25N5O2S. The number of amides is 2. The number of nitrogens with one attached hydrogen (secondary N) is 2. The number of thiophene rings is 1. The van der Waals surface area contributed by atoms with Gasteiger partial charge in [-0.05, 0) is 32.3 Å². The largest absolute Gasteiger partial charge is 0.352 e. The molecule has 26 heavy (non-hydrogen) atoms. The minimum atomic E-state index is -0.0947. The van der Waals surface area contributed by atoms with Crippen molar-refractivity contribution in [2.75, 3.05) is 44.6 Å². The van der Waals surface area contributed by atoms with E-state index in [1.54, 1.807) is 0 Å².